The van der Waals surface area contributed by atoms with E-state index >= 15 is 0 Å². The van der Waals surface area contributed by atoms with Gasteiger partial charge in [0.25, 0.3) is 0 Å². The maximum absolute atomic E-state index is 10.5. The fraction of sp³-hybridized carbons (Fsp3) is 0.308. The molecule has 0 amide bonds. The summed E-state index contributed by atoms with van der Waals surface area (Å²) >= 11 is -0.594. The Kier molecular flexibility index (Phi) is 10.9. The number of hydrogen-bond donors (Lipinski definition) is 0. The Bertz CT molecular complexity index is 1430. The molecular weight excluding hydrogens is 651 g/mol. The molecule has 0 atom stereocenters. The predicted molar refractivity (Wildman–Crippen MR) is 185 cm³/mol. The van der Waals surface area contributed by atoms with Gasteiger partial charge in [0.1, 0.15) is 0 Å². The molecule has 4 aromatic carbocycles. The smallest absolute Gasteiger partial charge is 0.0815 e. The van der Waals surface area contributed by atoms with E-state index < -0.39 is 25.7 Å². The topological polar surface area (TPSA) is 40.1 Å². The molecule has 0 aliphatic rings. The summed E-state index contributed by atoms with van der Waals surface area (Å²) in [5.41, 5.74) is 5.16. The van der Waals surface area contributed by atoms with Crippen LogP contribution in [-0.4, -0.2) is 25.7 Å². The minimum absolute atomic E-state index is 0.232. The molecule has 0 saturated carbocycles. The van der Waals surface area contributed by atoms with Gasteiger partial charge in [-0.05, 0) is 17.5 Å². The van der Waals surface area contributed by atoms with Crippen LogP contribution in [0.2, 0.25) is 13.3 Å². The summed E-state index contributed by atoms with van der Waals surface area (Å²) in [6.07, 6.45) is 0. The zero-order valence-electron chi connectivity index (χ0n) is 26.4. The Morgan fingerprint density at radius 2 is 0.930 bits per heavy atom. The molecule has 2 nitrogen and oxygen atoms in total. The number of carboxylic acid groups (broad SMARTS) is 1. The largest absolute Gasteiger partial charge is 0.544 e. The van der Waals surface area contributed by atoms with Crippen LogP contribution in [0.4, 0.5) is 0 Å². The molecule has 5 aromatic rings. The van der Waals surface area contributed by atoms with Crippen LogP contribution in [0.3, 0.4) is 0 Å². The van der Waals surface area contributed by atoms with Crippen molar-refractivity contribution in [2.24, 2.45) is 0 Å². The SMILES string of the molecule is CC(C)([CH2][Sn+]([CH2]C(C)(C)c1ccccc1)[CH2]C(C)(C)c1ccccc1)c1ccccc1.O=C([O-])c1cc2ccccc2s1. The van der Waals surface area contributed by atoms with Gasteiger partial charge in [0.05, 0.1) is 10.8 Å². The Morgan fingerprint density at radius 1 is 0.581 bits per heavy atom. The second kappa shape index (κ2) is 14.3. The predicted octanol–water partition coefficient (Wildman–Crippen LogP) is 9.68. The minimum atomic E-state index is -1.84. The molecule has 0 spiro atoms. The third kappa shape index (κ3) is 9.06. The fourth-order valence-electron chi connectivity index (χ4n) is 6.12. The van der Waals surface area contributed by atoms with E-state index in [1.165, 1.54) is 41.3 Å². The number of thiophene rings is 1. The maximum atomic E-state index is 10.5. The van der Waals surface area contributed by atoms with Crippen molar-refractivity contribution in [3.05, 3.63) is 143 Å². The average molecular weight is 696 g/mol. The van der Waals surface area contributed by atoms with Gasteiger partial charge in [-0.15, -0.1) is 11.3 Å². The van der Waals surface area contributed by atoms with Gasteiger partial charge in [0.15, 0.2) is 0 Å². The van der Waals surface area contributed by atoms with Gasteiger partial charge in [0.2, 0.25) is 0 Å². The molecule has 0 unspecified atom stereocenters. The molecule has 0 saturated heterocycles. The molecule has 222 valence electrons. The second-order valence-corrected chi connectivity index (χ2v) is 21.9. The summed E-state index contributed by atoms with van der Waals surface area (Å²) in [6, 6.07) is 42.7. The third-order valence-electron chi connectivity index (χ3n) is 8.37. The Morgan fingerprint density at radius 3 is 1.28 bits per heavy atom. The number of rotatable bonds is 10. The summed E-state index contributed by atoms with van der Waals surface area (Å²) in [5.74, 6) is -1.10. The second-order valence-electron chi connectivity index (χ2n) is 13.5. The van der Waals surface area contributed by atoms with Gasteiger partial charge >= 0.3 is 199 Å². The number of benzene rings is 4. The molecule has 0 bridgehead atoms. The average Bonchev–Trinajstić information content (AvgIpc) is 3.43. The van der Waals surface area contributed by atoms with Crippen LogP contribution in [0.1, 0.15) is 67.9 Å². The van der Waals surface area contributed by atoms with Crippen LogP contribution in [0.5, 0.6) is 0 Å². The van der Waals surface area contributed by atoms with Crippen molar-refractivity contribution in [1.29, 1.82) is 0 Å². The van der Waals surface area contributed by atoms with Crippen LogP contribution in [0, 0.1) is 0 Å². The van der Waals surface area contributed by atoms with Crippen LogP contribution in [0.15, 0.2) is 121 Å². The number of aromatic carboxylic acids is 1. The van der Waals surface area contributed by atoms with E-state index in [-0.39, 0.29) is 21.1 Å². The van der Waals surface area contributed by atoms with Crippen molar-refractivity contribution in [1.82, 2.24) is 0 Å². The van der Waals surface area contributed by atoms with Crippen LogP contribution in [0.25, 0.3) is 10.1 Å². The summed E-state index contributed by atoms with van der Waals surface area (Å²) in [5, 5.41) is 11.4. The van der Waals surface area contributed by atoms with E-state index in [2.05, 4.69) is 133 Å². The molecule has 0 aliphatic heterocycles. The standard InChI is InChI=1S/3C10H13.C9H6O2S.Sn/c3*1-10(2,3)9-7-5-4-6-8-9;10-9(11)8-5-6-3-1-2-4-7(6)12-8;/h3*4-8H,1H2,2-3H3;1-5H,(H,10,11);/q;;;;+1/p-1. The van der Waals surface area contributed by atoms with Gasteiger partial charge < -0.3 is 9.90 Å². The zero-order valence-corrected chi connectivity index (χ0v) is 30.1. The van der Waals surface area contributed by atoms with Gasteiger partial charge in [0, 0.05) is 4.70 Å². The monoisotopic (exact) mass is 696 g/mol. The van der Waals surface area contributed by atoms with Crippen LogP contribution in [-0.2, 0) is 16.2 Å². The van der Waals surface area contributed by atoms with Crippen molar-refractivity contribution in [2.75, 3.05) is 0 Å². The summed E-state index contributed by atoms with van der Waals surface area (Å²) in [6.45, 7) is 14.8. The number of carbonyl (C=O) groups excluding carboxylic acids is 1. The number of carboxylic acids is 1. The Hall–Kier alpha value is -2.89. The Labute approximate surface area is 269 Å². The van der Waals surface area contributed by atoms with E-state index in [0.29, 0.717) is 0 Å². The molecule has 4 heteroatoms. The van der Waals surface area contributed by atoms with Crippen molar-refractivity contribution in [3.63, 3.8) is 0 Å². The van der Waals surface area contributed by atoms with Crippen molar-refractivity contribution in [3.8, 4) is 0 Å². The van der Waals surface area contributed by atoms with Gasteiger partial charge in [-0.3, -0.25) is 0 Å². The molecular formula is C39H44O2SSn. The van der Waals surface area contributed by atoms with E-state index in [4.69, 9.17) is 0 Å². The number of hydrogen-bond acceptors (Lipinski definition) is 3. The Balaban J connectivity index is 0.000000292. The van der Waals surface area contributed by atoms with E-state index in [1.807, 2.05) is 24.3 Å². The molecule has 43 heavy (non-hydrogen) atoms. The molecule has 1 aromatic heterocycles. The van der Waals surface area contributed by atoms with Gasteiger partial charge in [-0.25, -0.2) is 0 Å². The molecule has 0 fully saturated rings. The van der Waals surface area contributed by atoms with Crippen molar-refractivity contribution >= 4 is 47.2 Å². The first-order valence-corrected chi connectivity index (χ1v) is 21.9. The minimum Gasteiger partial charge on any atom is -0.544 e. The molecule has 0 N–H and O–H groups in total. The number of fused-ring (bicyclic) bond motifs is 1. The fourth-order valence-corrected chi connectivity index (χ4v) is 20.5. The number of carbonyl (C=O) groups is 1. The van der Waals surface area contributed by atoms with Gasteiger partial charge in [-0.1, -0.05) is 18.2 Å². The summed E-state index contributed by atoms with van der Waals surface area (Å²) < 4.78 is 5.13. The molecule has 0 radical (unpaired) electrons. The molecule has 1 heterocycles. The van der Waals surface area contributed by atoms with Crippen molar-refractivity contribution in [2.45, 2.75) is 71.1 Å². The molecule has 5 rings (SSSR count). The summed E-state index contributed by atoms with van der Waals surface area (Å²) in [4.78, 5) is 10.8. The van der Waals surface area contributed by atoms with E-state index in [1.54, 1.807) is 6.07 Å². The first-order chi connectivity index (χ1) is 20.4. The normalized spacial score (nSPS) is 12.0. The first kappa shape index (κ1) is 33.0. The maximum Gasteiger partial charge on any atom is 0.0815 e. The third-order valence-corrected chi connectivity index (χ3v) is 21.3. The van der Waals surface area contributed by atoms with Crippen LogP contribution < -0.4 is 5.11 Å². The van der Waals surface area contributed by atoms with Crippen LogP contribution >= 0.6 is 11.3 Å². The quantitative estimate of drug-likeness (QED) is 0.137. The molecule has 0 aliphatic carbocycles. The van der Waals surface area contributed by atoms with E-state index in [9.17, 15) is 9.90 Å². The summed E-state index contributed by atoms with van der Waals surface area (Å²) in [7, 11) is 0. The van der Waals surface area contributed by atoms with E-state index in [0.717, 1.165) is 10.1 Å². The van der Waals surface area contributed by atoms with Gasteiger partial charge in [-0.2, -0.15) is 0 Å². The van der Waals surface area contributed by atoms with Crippen molar-refractivity contribution < 1.29 is 9.90 Å². The first-order valence-electron chi connectivity index (χ1n) is 15.1. The zero-order chi connectivity index (χ0) is 31.1.